The Labute approximate surface area is 94.8 Å². The molecule has 78 valence electrons. The highest BCUT2D eigenvalue weighted by Crippen LogP contribution is 2.33. The van der Waals surface area contributed by atoms with E-state index >= 15 is 0 Å². The van der Waals surface area contributed by atoms with Gasteiger partial charge in [-0.05, 0) is 31.4 Å². The summed E-state index contributed by atoms with van der Waals surface area (Å²) in [7, 11) is 0. The molecule has 0 aromatic heterocycles. The highest BCUT2D eigenvalue weighted by atomic mass is 35.5. The summed E-state index contributed by atoms with van der Waals surface area (Å²) in [5.41, 5.74) is 1.84. The summed E-state index contributed by atoms with van der Waals surface area (Å²) in [6.45, 7) is 1.97. The minimum atomic E-state index is 0.0936. The molecule has 15 heavy (non-hydrogen) atoms. The Morgan fingerprint density at radius 2 is 2.33 bits per heavy atom. The lowest BCUT2D eigenvalue weighted by Gasteiger charge is -2.02. The number of halogens is 1. The third-order valence-electron chi connectivity index (χ3n) is 2.86. The van der Waals surface area contributed by atoms with Crippen LogP contribution in [0.4, 0.5) is 0 Å². The predicted molar refractivity (Wildman–Crippen MR) is 62.4 cm³/mol. The van der Waals surface area contributed by atoms with E-state index in [9.17, 15) is 4.79 Å². The van der Waals surface area contributed by atoms with Crippen LogP contribution in [-0.2, 0) is 6.42 Å². The van der Waals surface area contributed by atoms with Gasteiger partial charge in [0.1, 0.15) is 0 Å². The summed E-state index contributed by atoms with van der Waals surface area (Å²) < 4.78 is 0. The molecule has 0 spiro atoms. The maximum atomic E-state index is 12.0. The monoisotopic (exact) mass is 220 g/mol. The molecule has 0 N–H and O–H groups in total. The molecule has 0 bridgehead atoms. The SMILES string of the molecule is CC=CC[C@H]1Cc2c(Cl)cccc2C1=O. The molecule has 1 aliphatic carbocycles. The van der Waals surface area contributed by atoms with Crippen molar-refractivity contribution >= 4 is 17.4 Å². The van der Waals surface area contributed by atoms with Crippen molar-refractivity contribution in [2.45, 2.75) is 19.8 Å². The summed E-state index contributed by atoms with van der Waals surface area (Å²) in [6, 6.07) is 5.57. The van der Waals surface area contributed by atoms with Gasteiger partial charge in [-0.1, -0.05) is 35.9 Å². The van der Waals surface area contributed by atoms with E-state index in [1.807, 2.05) is 37.3 Å². The quantitative estimate of drug-likeness (QED) is 0.696. The molecule has 0 unspecified atom stereocenters. The number of ketones is 1. The van der Waals surface area contributed by atoms with E-state index in [0.29, 0.717) is 0 Å². The molecule has 0 heterocycles. The first kappa shape index (κ1) is 10.4. The first-order valence-corrected chi connectivity index (χ1v) is 5.54. The average Bonchev–Trinajstić information content (AvgIpc) is 2.55. The highest BCUT2D eigenvalue weighted by Gasteiger charge is 2.30. The molecule has 2 rings (SSSR count). The van der Waals surface area contributed by atoms with Gasteiger partial charge in [0.25, 0.3) is 0 Å². The summed E-state index contributed by atoms with van der Waals surface area (Å²) in [4.78, 5) is 12.0. The number of Topliss-reactive ketones (excluding diaryl/α,β-unsaturated/α-hetero) is 1. The van der Waals surface area contributed by atoms with E-state index in [1.54, 1.807) is 0 Å². The average molecular weight is 221 g/mol. The minimum Gasteiger partial charge on any atom is -0.294 e. The fraction of sp³-hybridized carbons (Fsp3) is 0.308. The molecule has 1 nitrogen and oxygen atoms in total. The van der Waals surface area contributed by atoms with E-state index in [4.69, 9.17) is 11.6 Å². The van der Waals surface area contributed by atoms with Crippen molar-refractivity contribution in [2.24, 2.45) is 5.92 Å². The Morgan fingerprint density at radius 3 is 3.00 bits per heavy atom. The van der Waals surface area contributed by atoms with Crippen LogP contribution in [0, 0.1) is 5.92 Å². The van der Waals surface area contributed by atoms with Crippen LogP contribution in [0.2, 0.25) is 5.02 Å². The Morgan fingerprint density at radius 1 is 1.53 bits per heavy atom. The second kappa shape index (κ2) is 4.19. The van der Waals surface area contributed by atoms with Crippen LogP contribution in [-0.4, -0.2) is 5.78 Å². The molecule has 1 aliphatic rings. The molecule has 0 fully saturated rings. The number of fused-ring (bicyclic) bond motifs is 1. The number of benzene rings is 1. The first-order chi connectivity index (χ1) is 7.24. The molecule has 2 heteroatoms. The number of rotatable bonds is 2. The van der Waals surface area contributed by atoms with Crippen LogP contribution >= 0.6 is 11.6 Å². The van der Waals surface area contributed by atoms with Crippen LogP contribution in [0.25, 0.3) is 0 Å². The van der Waals surface area contributed by atoms with Crippen molar-refractivity contribution < 1.29 is 4.79 Å². The molecule has 0 aliphatic heterocycles. The fourth-order valence-corrected chi connectivity index (χ4v) is 2.30. The zero-order valence-electron chi connectivity index (χ0n) is 8.66. The number of allylic oxidation sites excluding steroid dienone is 2. The number of carbonyl (C=O) groups is 1. The van der Waals surface area contributed by atoms with Crippen LogP contribution in [0.1, 0.15) is 29.3 Å². The van der Waals surface area contributed by atoms with Gasteiger partial charge in [-0.25, -0.2) is 0 Å². The molecule has 1 aromatic rings. The van der Waals surface area contributed by atoms with Gasteiger partial charge in [-0.3, -0.25) is 4.79 Å². The molecule has 1 aromatic carbocycles. The van der Waals surface area contributed by atoms with Gasteiger partial charge >= 0.3 is 0 Å². The molecule has 0 radical (unpaired) electrons. The lowest BCUT2D eigenvalue weighted by Crippen LogP contribution is -2.07. The largest absolute Gasteiger partial charge is 0.294 e. The Balaban J connectivity index is 2.29. The zero-order chi connectivity index (χ0) is 10.8. The van der Waals surface area contributed by atoms with E-state index < -0.39 is 0 Å². The van der Waals surface area contributed by atoms with Gasteiger partial charge in [0.15, 0.2) is 5.78 Å². The summed E-state index contributed by atoms with van der Waals surface area (Å²) >= 11 is 6.06. The lowest BCUT2D eigenvalue weighted by atomic mass is 10.0. The van der Waals surface area contributed by atoms with Gasteiger partial charge in [-0.15, -0.1) is 0 Å². The van der Waals surface area contributed by atoms with Gasteiger partial charge in [0.2, 0.25) is 0 Å². The van der Waals surface area contributed by atoms with Crippen molar-refractivity contribution in [1.29, 1.82) is 0 Å². The van der Waals surface area contributed by atoms with Crippen LogP contribution in [0.15, 0.2) is 30.4 Å². The minimum absolute atomic E-state index is 0.0936. The van der Waals surface area contributed by atoms with Crippen LogP contribution < -0.4 is 0 Å². The van der Waals surface area contributed by atoms with Crippen LogP contribution in [0.5, 0.6) is 0 Å². The zero-order valence-corrected chi connectivity index (χ0v) is 9.42. The third kappa shape index (κ3) is 1.84. The van der Waals surface area contributed by atoms with Crippen molar-refractivity contribution in [2.75, 3.05) is 0 Å². The Kier molecular flexibility index (Phi) is 2.92. The van der Waals surface area contributed by atoms with Gasteiger partial charge < -0.3 is 0 Å². The summed E-state index contributed by atoms with van der Waals surface area (Å²) in [5, 5.41) is 0.726. The Bertz CT molecular complexity index is 421. The molecular weight excluding hydrogens is 208 g/mol. The number of hydrogen-bond acceptors (Lipinski definition) is 1. The molecular formula is C13H13ClO. The van der Waals surface area contributed by atoms with Gasteiger partial charge in [0, 0.05) is 16.5 Å². The van der Waals surface area contributed by atoms with E-state index in [0.717, 1.165) is 29.0 Å². The maximum absolute atomic E-state index is 12.0. The smallest absolute Gasteiger partial charge is 0.166 e. The normalized spacial score (nSPS) is 19.9. The number of hydrogen-bond donors (Lipinski definition) is 0. The third-order valence-corrected chi connectivity index (χ3v) is 3.22. The predicted octanol–water partition coefficient (Wildman–Crippen LogP) is 3.66. The first-order valence-electron chi connectivity index (χ1n) is 5.16. The summed E-state index contributed by atoms with van der Waals surface area (Å²) in [6.07, 6.45) is 5.64. The second-order valence-corrected chi connectivity index (χ2v) is 4.24. The second-order valence-electron chi connectivity index (χ2n) is 3.84. The number of carbonyl (C=O) groups excluding carboxylic acids is 1. The van der Waals surface area contributed by atoms with E-state index in [1.165, 1.54) is 0 Å². The highest BCUT2D eigenvalue weighted by molar-refractivity contribution is 6.32. The molecule has 0 saturated heterocycles. The van der Waals surface area contributed by atoms with Crippen molar-refractivity contribution in [3.05, 3.63) is 46.5 Å². The molecule has 0 saturated carbocycles. The maximum Gasteiger partial charge on any atom is 0.166 e. The standard InChI is InChI=1S/C13H13ClO/c1-2-3-5-9-8-11-10(13(9)15)6-4-7-12(11)14/h2-4,6-7,9H,5,8H2,1H3/t9-/m0/s1. The molecule has 1 atom stereocenters. The van der Waals surface area contributed by atoms with Gasteiger partial charge in [0.05, 0.1) is 0 Å². The summed E-state index contributed by atoms with van der Waals surface area (Å²) in [5.74, 6) is 0.335. The van der Waals surface area contributed by atoms with Crippen molar-refractivity contribution in [3.8, 4) is 0 Å². The van der Waals surface area contributed by atoms with Crippen molar-refractivity contribution in [3.63, 3.8) is 0 Å². The van der Waals surface area contributed by atoms with E-state index in [-0.39, 0.29) is 11.7 Å². The van der Waals surface area contributed by atoms with E-state index in [2.05, 4.69) is 0 Å². The van der Waals surface area contributed by atoms with Crippen molar-refractivity contribution in [1.82, 2.24) is 0 Å². The van der Waals surface area contributed by atoms with Crippen LogP contribution in [0.3, 0.4) is 0 Å². The lowest BCUT2D eigenvalue weighted by molar-refractivity contribution is 0.0938. The van der Waals surface area contributed by atoms with Gasteiger partial charge in [-0.2, -0.15) is 0 Å². The molecule has 0 amide bonds. The Hall–Kier alpha value is -1.08. The fourth-order valence-electron chi connectivity index (χ4n) is 2.05. The topological polar surface area (TPSA) is 17.1 Å².